The van der Waals surface area contributed by atoms with Gasteiger partial charge in [0.25, 0.3) is 0 Å². The molecule has 1 aromatic rings. The molecule has 0 aliphatic heterocycles. The predicted octanol–water partition coefficient (Wildman–Crippen LogP) is 3.74. The summed E-state index contributed by atoms with van der Waals surface area (Å²) in [6, 6.07) is 0. The van der Waals surface area contributed by atoms with Gasteiger partial charge in [0, 0.05) is 0 Å². The third kappa shape index (κ3) is 1.89. The molecule has 0 radical (unpaired) electrons. The van der Waals surface area contributed by atoms with Crippen LogP contribution >= 0.6 is 0 Å². The van der Waals surface area contributed by atoms with Crippen LogP contribution in [-0.4, -0.2) is 14.5 Å². The van der Waals surface area contributed by atoms with Crippen LogP contribution in [0, 0.1) is 6.92 Å². The van der Waals surface area contributed by atoms with Gasteiger partial charge in [0.1, 0.15) is 0 Å². The molecule has 1 aliphatic rings. The molecule has 2 rings (SSSR count). The Labute approximate surface area is 92.8 Å². The SMILES string of the molecule is C=Cc1[se]cc(C2CCCCC2)c1C. The van der Waals surface area contributed by atoms with E-state index >= 15 is 0 Å². The molecule has 0 saturated heterocycles. The second kappa shape index (κ2) is 4.51. The molecule has 1 heteroatoms. The van der Waals surface area contributed by atoms with Crippen molar-refractivity contribution in [3.63, 3.8) is 0 Å². The van der Waals surface area contributed by atoms with E-state index in [1.54, 1.807) is 11.1 Å². The van der Waals surface area contributed by atoms with Gasteiger partial charge in [0.05, 0.1) is 0 Å². The molecule has 0 N–H and O–H groups in total. The summed E-state index contributed by atoms with van der Waals surface area (Å²) in [7, 11) is 0. The summed E-state index contributed by atoms with van der Waals surface area (Å²) >= 11 is 0.582. The van der Waals surface area contributed by atoms with Crippen LogP contribution in [0.5, 0.6) is 0 Å². The minimum absolute atomic E-state index is 0.582. The van der Waals surface area contributed by atoms with Crippen LogP contribution in [0.2, 0.25) is 0 Å². The monoisotopic (exact) mass is 254 g/mol. The van der Waals surface area contributed by atoms with Crippen molar-refractivity contribution in [2.75, 3.05) is 0 Å². The molecule has 0 nitrogen and oxygen atoms in total. The predicted molar refractivity (Wildman–Crippen MR) is 64.0 cm³/mol. The summed E-state index contributed by atoms with van der Waals surface area (Å²) in [5.74, 6) is 0.878. The maximum atomic E-state index is 3.90. The Balaban J connectivity index is 2.22. The maximum absolute atomic E-state index is 3.90. The van der Waals surface area contributed by atoms with E-state index in [0.29, 0.717) is 14.5 Å². The molecule has 0 aromatic carbocycles. The molecule has 0 spiro atoms. The topological polar surface area (TPSA) is 0 Å². The Hall–Kier alpha value is -0.261. The van der Waals surface area contributed by atoms with Crippen LogP contribution in [0.3, 0.4) is 0 Å². The van der Waals surface area contributed by atoms with E-state index in [2.05, 4.69) is 24.5 Å². The van der Waals surface area contributed by atoms with E-state index in [4.69, 9.17) is 0 Å². The zero-order valence-electron chi connectivity index (χ0n) is 8.88. The molecular formula is C13H18Se. The normalized spacial score (nSPS) is 18.4. The van der Waals surface area contributed by atoms with Crippen molar-refractivity contribution >= 4 is 20.6 Å². The molecule has 14 heavy (non-hydrogen) atoms. The van der Waals surface area contributed by atoms with Crippen molar-refractivity contribution in [3.8, 4) is 0 Å². The quantitative estimate of drug-likeness (QED) is 0.704. The van der Waals surface area contributed by atoms with Gasteiger partial charge in [-0.05, 0) is 0 Å². The van der Waals surface area contributed by atoms with Crippen LogP contribution in [0.25, 0.3) is 6.08 Å². The van der Waals surface area contributed by atoms with E-state index in [1.165, 1.54) is 36.5 Å². The van der Waals surface area contributed by atoms with Crippen LogP contribution in [-0.2, 0) is 0 Å². The standard InChI is InChI=1S/C13H18Se/c1-3-13-10(2)12(9-14-13)11-7-5-4-6-8-11/h3,9,11H,1,4-8H2,2H3. The first-order valence-electron chi connectivity index (χ1n) is 5.53. The van der Waals surface area contributed by atoms with Crippen molar-refractivity contribution in [1.82, 2.24) is 0 Å². The van der Waals surface area contributed by atoms with Crippen molar-refractivity contribution in [3.05, 3.63) is 27.1 Å². The fourth-order valence-electron chi connectivity index (χ4n) is 2.46. The number of hydrogen-bond donors (Lipinski definition) is 0. The third-order valence-electron chi connectivity index (χ3n) is 3.35. The first kappa shape index (κ1) is 10.3. The molecule has 1 aliphatic carbocycles. The number of rotatable bonds is 2. The summed E-state index contributed by atoms with van der Waals surface area (Å²) < 4.78 is 1.51. The van der Waals surface area contributed by atoms with Crippen molar-refractivity contribution in [2.24, 2.45) is 0 Å². The Morgan fingerprint density at radius 3 is 2.64 bits per heavy atom. The second-order valence-corrected chi connectivity index (χ2v) is 6.13. The Morgan fingerprint density at radius 2 is 2.07 bits per heavy atom. The molecule has 1 saturated carbocycles. The van der Waals surface area contributed by atoms with E-state index in [-0.39, 0.29) is 0 Å². The summed E-state index contributed by atoms with van der Waals surface area (Å²) in [6.07, 6.45) is 9.22. The van der Waals surface area contributed by atoms with E-state index < -0.39 is 0 Å². The van der Waals surface area contributed by atoms with Gasteiger partial charge < -0.3 is 0 Å². The molecule has 1 fully saturated rings. The molecule has 1 aromatic heterocycles. The van der Waals surface area contributed by atoms with Gasteiger partial charge in [-0.2, -0.15) is 0 Å². The molecule has 0 unspecified atom stereocenters. The summed E-state index contributed by atoms with van der Waals surface area (Å²) in [6.45, 7) is 6.18. The zero-order valence-corrected chi connectivity index (χ0v) is 10.6. The van der Waals surface area contributed by atoms with Gasteiger partial charge in [-0.25, -0.2) is 0 Å². The van der Waals surface area contributed by atoms with E-state index in [0.717, 1.165) is 5.92 Å². The van der Waals surface area contributed by atoms with Crippen molar-refractivity contribution in [1.29, 1.82) is 0 Å². The van der Waals surface area contributed by atoms with Gasteiger partial charge in [0.2, 0.25) is 0 Å². The fourth-order valence-corrected chi connectivity index (χ4v) is 4.59. The van der Waals surface area contributed by atoms with Crippen LogP contribution < -0.4 is 0 Å². The third-order valence-corrected chi connectivity index (χ3v) is 5.65. The van der Waals surface area contributed by atoms with Crippen LogP contribution in [0.1, 0.15) is 53.6 Å². The number of hydrogen-bond acceptors (Lipinski definition) is 0. The second-order valence-electron chi connectivity index (χ2n) is 4.22. The average molecular weight is 253 g/mol. The fraction of sp³-hybridized carbons (Fsp3) is 0.538. The minimum atomic E-state index is 0.582. The Bertz CT molecular complexity index is 316. The van der Waals surface area contributed by atoms with Gasteiger partial charge in [-0.15, -0.1) is 0 Å². The molecule has 76 valence electrons. The van der Waals surface area contributed by atoms with Gasteiger partial charge in [0.15, 0.2) is 0 Å². The van der Waals surface area contributed by atoms with Crippen LogP contribution in [0.4, 0.5) is 0 Å². The Morgan fingerprint density at radius 1 is 1.36 bits per heavy atom. The summed E-state index contributed by atoms with van der Waals surface area (Å²) in [5.41, 5.74) is 3.21. The van der Waals surface area contributed by atoms with Gasteiger partial charge in [-0.3, -0.25) is 0 Å². The van der Waals surface area contributed by atoms with Gasteiger partial charge >= 0.3 is 92.6 Å². The Kier molecular flexibility index (Phi) is 3.30. The molecular weight excluding hydrogens is 235 g/mol. The zero-order chi connectivity index (χ0) is 9.97. The summed E-state index contributed by atoms with van der Waals surface area (Å²) in [4.78, 5) is 2.50. The molecule has 1 heterocycles. The van der Waals surface area contributed by atoms with E-state index in [9.17, 15) is 0 Å². The molecule has 0 amide bonds. The first-order chi connectivity index (χ1) is 6.83. The van der Waals surface area contributed by atoms with Crippen molar-refractivity contribution < 1.29 is 0 Å². The van der Waals surface area contributed by atoms with Gasteiger partial charge in [-0.1, -0.05) is 0 Å². The first-order valence-corrected chi connectivity index (χ1v) is 7.38. The van der Waals surface area contributed by atoms with Crippen LogP contribution in [0.15, 0.2) is 11.5 Å². The summed E-state index contributed by atoms with van der Waals surface area (Å²) in [5, 5.41) is 0. The molecule has 0 bridgehead atoms. The average Bonchev–Trinajstić information content (AvgIpc) is 2.61. The van der Waals surface area contributed by atoms with E-state index in [1.807, 2.05) is 0 Å². The van der Waals surface area contributed by atoms with Crippen molar-refractivity contribution in [2.45, 2.75) is 44.9 Å². The molecule has 0 atom stereocenters.